The fourth-order valence-electron chi connectivity index (χ4n) is 3.01. The SMILES string of the molecule is NC(=O)CSc1ccccc1C(=O)Nc1ccc2nc(N3CCOCC3)sc2c1. The molecule has 7 nitrogen and oxygen atoms in total. The Labute approximate surface area is 176 Å². The first-order chi connectivity index (χ1) is 14.1. The summed E-state index contributed by atoms with van der Waals surface area (Å²) < 4.78 is 6.42. The third-order valence-corrected chi connectivity index (χ3v) is 6.59. The van der Waals surface area contributed by atoms with E-state index in [1.807, 2.05) is 30.3 Å². The molecule has 1 aromatic heterocycles. The van der Waals surface area contributed by atoms with E-state index in [1.54, 1.807) is 23.5 Å². The van der Waals surface area contributed by atoms with Crippen LogP contribution in [-0.4, -0.2) is 48.9 Å². The Balaban J connectivity index is 1.52. The number of carbonyl (C=O) groups excluding carboxylic acids is 2. The van der Waals surface area contributed by atoms with Gasteiger partial charge in [-0.2, -0.15) is 0 Å². The lowest BCUT2D eigenvalue weighted by atomic mass is 10.2. The minimum Gasteiger partial charge on any atom is -0.378 e. The number of hydrogen-bond acceptors (Lipinski definition) is 7. The number of nitrogens with two attached hydrogens (primary N) is 1. The molecule has 3 aromatic rings. The number of anilines is 2. The average molecular weight is 429 g/mol. The van der Waals surface area contributed by atoms with E-state index >= 15 is 0 Å². The zero-order chi connectivity index (χ0) is 20.2. The molecule has 29 heavy (non-hydrogen) atoms. The largest absolute Gasteiger partial charge is 0.378 e. The fraction of sp³-hybridized carbons (Fsp3) is 0.250. The number of primary amides is 1. The molecule has 0 saturated carbocycles. The molecule has 4 rings (SSSR count). The summed E-state index contributed by atoms with van der Waals surface area (Å²) >= 11 is 2.86. The van der Waals surface area contributed by atoms with E-state index in [-0.39, 0.29) is 11.7 Å². The Morgan fingerprint density at radius 3 is 2.79 bits per heavy atom. The molecule has 1 aliphatic heterocycles. The van der Waals surface area contributed by atoms with Gasteiger partial charge in [0.2, 0.25) is 5.91 Å². The molecule has 2 heterocycles. The number of fused-ring (bicyclic) bond motifs is 1. The minimum absolute atomic E-state index is 0.126. The number of carbonyl (C=O) groups is 2. The highest BCUT2D eigenvalue weighted by molar-refractivity contribution is 8.00. The summed E-state index contributed by atoms with van der Waals surface area (Å²) in [5.41, 5.74) is 7.35. The van der Waals surface area contributed by atoms with Crippen LogP contribution in [0, 0.1) is 0 Å². The van der Waals surface area contributed by atoms with Gasteiger partial charge in [0, 0.05) is 23.7 Å². The number of aromatic nitrogens is 1. The molecule has 1 aliphatic rings. The lowest BCUT2D eigenvalue weighted by Gasteiger charge is -2.25. The summed E-state index contributed by atoms with van der Waals surface area (Å²) in [7, 11) is 0. The molecule has 2 aromatic carbocycles. The van der Waals surface area contributed by atoms with Crippen LogP contribution in [0.2, 0.25) is 0 Å². The number of ether oxygens (including phenoxy) is 1. The third kappa shape index (κ3) is 4.69. The first-order valence-electron chi connectivity index (χ1n) is 9.15. The van der Waals surface area contributed by atoms with Crippen LogP contribution in [0.1, 0.15) is 10.4 Å². The van der Waals surface area contributed by atoms with Gasteiger partial charge in [0.25, 0.3) is 5.91 Å². The minimum atomic E-state index is -0.420. The molecule has 0 radical (unpaired) electrons. The molecule has 0 bridgehead atoms. The first-order valence-corrected chi connectivity index (χ1v) is 10.9. The van der Waals surface area contributed by atoms with Crippen molar-refractivity contribution in [1.29, 1.82) is 0 Å². The number of morpholine rings is 1. The van der Waals surface area contributed by atoms with Crippen LogP contribution in [0.25, 0.3) is 10.2 Å². The Hall–Kier alpha value is -2.62. The quantitative estimate of drug-likeness (QED) is 0.586. The molecule has 3 N–H and O–H groups in total. The highest BCUT2D eigenvalue weighted by atomic mass is 32.2. The van der Waals surface area contributed by atoms with Gasteiger partial charge < -0.3 is 20.7 Å². The lowest BCUT2D eigenvalue weighted by molar-refractivity contribution is -0.115. The third-order valence-electron chi connectivity index (χ3n) is 4.42. The van der Waals surface area contributed by atoms with Gasteiger partial charge in [0.05, 0.1) is 34.7 Å². The molecule has 0 atom stereocenters. The maximum absolute atomic E-state index is 12.8. The van der Waals surface area contributed by atoms with Crippen molar-refractivity contribution >= 4 is 55.9 Å². The highest BCUT2D eigenvalue weighted by Gasteiger charge is 2.17. The number of thiazole rings is 1. The van der Waals surface area contributed by atoms with Gasteiger partial charge in [-0.3, -0.25) is 9.59 Å². The van der Waals surface area contributed by atoms with Crippen molar-refractivity contribution < 1.29 is 14.3 Å². The second-order valence-corrected chi connectivity index (χ2v) is 8.51. The summed E-state index contributed by atoms with van der Waals surface area (Å²) in [5, 5.41) is 3.92. The van der Waals surface area contributed by atoms with Crippen molar-refractivity contribution in [3.8, 4) is 0 Å². The molecule has 0 unspecified atom stereocenters. The van der Waals surface area contributed by atoms with Gasteiger partial charge >= 0.3 is 0 Å². The van der Waals surface area contributed by atoms with Crippen LogP contribution in [0.3, 0.4) is 0 Å². The highest BCUT2D eigenvalue weighted by Crippen LogP contribution is 2.31. The molecule has 0 aliphatic carbocycles. The maximum Gasteiger partial charge on any atom is 0.256 e. The average Bonchev–Trinajstić information content (AvgIpc) is 3.16. The van der Waals surface area contributed by atoms with Gasteiger partial charge in [-0.05, 0) is 30.3 Å². The Kier molecular flexibility index (Phi) is 5.98. The first kappa shape index (κ1) is 19.7. The zero-order valence-corrected chi connectivity index (χ0v) is 17.2. The Morgan fingerprint density at radius 2 is 2.00 bits per heavy atom. The van der Waals surface area contributed by atoms with E-state index < -0.39 is 5.91 Å². The Bertz CT molecular complexity index is 1050. The summed E-state index contributed by atoms with van der Waals surface area (Å²) in [6.07, 6.45) is 0. The lowest BCUT2D eigenvalue weighted by Crippen LogP contribution is -2.36. The topological polar surface area (TPSA) is 97.5 Å². The second-order valence-electron chi connectivity index (χ2n) is 6.48. The number of amides is 2. The van der Waals surface area contributed by atoms with Crippen molar-refractivity contribution in [2.24, 2.45) is 5.73 Å². The van der Waals surface area contributed by atoms with Crippen molar-refractivity contribution in [2.45, 2.75) is 4.90 Å². The van der Waals surface area contributed by atoms with E-state index in [9.17, 15) is 9.59 Å². The maximum atomic E-state index is 12.8. The van der Waals surface area contributed by atoms with Crippen LogP contribution < -0.4 is 16.0 Å². The molecule has 150 valence electrons. The summed E-state index contributed by atoms with van der Waals surface area (Å²) in [6.45, 7) is 3.10. The van der Waals surface area contributed by atoms with Crippen molar-refractivity contribution in [1.82, 2.24) is 4.98 Å². The number of nitrogens with one attached hydrogen (secondary N) is 1. The standard InChI is InChI=1S/C20H20N4O3S2/c21-18(25)12-28-16-4-2-1-3-14(16)19(26)22-13-5-6-15-17(11-13)29-20(23-15)24-7-9-27-10-8-24/h1-6,11H,7-10,12H2,(H2,21,25)(H,22,26). The van der Waals surface area contributed by atoms with E-state index in [0.717, 1.165) is 33.3 Å². The number of rotatable bonds is 6. The number of thioether (sulfide) groups is 1. The summed E-state index contributed by atoms with van der Waals surface area (Å²) in [6, 6.07) is 12.9. The predicted octanol–water partition coefficient (Wildman–Crippen LogP) is 2.96. The van der Waals surface area contributed by atoms with Gasteiger partial charge in [-0.15, -0.1) is 11.8 Å². The number of hydrogen-bond donors (Lipinski definition) is 2. The molecule has 0 spiro atoms. The van der Waals surface area contributed by atoms with Crippen LogP contribution in [0.4, 0.5) is 10.8 Å². The van der Waals surface area contributed by atoms with Crippen LogP contribution >= 0.6 is 23.1 Å². The molecule has 1 saturated heterocycles. The van der Waals surface area contributed by atoms with Crippen LogP contribution in [0.15, 0.2) is 47.4 Å². The van der Waals surface area contributed by atoms with E-state index in [2.05, 4.69) is 10.2 Å². The van der Waals surface area contributed by atoms with Crippen LogP contribution in [-0.2, 0) is 9.53 Å². The molecular formula is C20H20N4O3S2. The van der Waals surface area contributed by atoms with Crippen molar-refractivity contribution in [3.05, 3.63) is 48.0 Å². The fourth-order valence-corrected chi connectivity index (χ4v) is 4.85. The van der Waals surface area contributed by atoms with E-state index in [4.69, 9.17) is 15.5 Å². The van der Waals surface area contributed by atoms with Gasteiger partial charge in [-0.25, -0.2) is 4.98 Å². The zero-order valence-electron chi connectivity index (χ0n) is 15.6. The summed E-state index contributed by atoms with van der Waals surface area (Å²) in [5.74, 6) is -0.520. The predicted molar refractivity (Wildman–Crippen MR) is 117 cm³/mol. The number of benzene rings is 2. The molecule has 9 heteroatoms. The van der Waals surface area contributed by atoms with E-state index in [1.165, 1.54) is 11.8 Å². The Morgan fingerprint density at radius 1 is 1.21 bits per heavy atom. The van der Waals surface area contributed by atoms with Gasteiger partial charge in [-0.1, -0.05) is 23.5 Å². The molecule has 2 amide bonds. The molecular weight excluding hydrogens is 408 g/mol. The van der Waals surface area contributed by atoms with Gasteiger partial charge in [0.1, 0.15) is 0 Å². The monoisotopic (exact) mass is 428 g/mol. The van der Waals surface area contributed by atoms with Crippen molar-refractivity contribution in [2.75, 3.05) is 42.3 Å². The van der Waals surface area contributed by atoms with E-state index in [0.29, 0.717) is 24.5 Å². The smallest absolute Gasteiger partial charge is 0.256 e. The van der Waals surface area contributed by atoms with Crippen LogP contribution in [0.5, 0.6) is 0 Å². The van der Waals surface area contributed by atoms with Gasteiger partial charge in [0.15, 0.2) is 5.13 Å². The second kappa shape index (κ2) is 8.81. The van der Waals surface area contributed by atoms with Crippen molar-refractivity contribution in [3.63, 3.8) is 0 Å². The normalized spacial score (nSPS) is 14.1. The summed E-state index contributed by atoms with van der Waals surface area (Å²) in [4.78, 5) is 31.5. The number of nitrogens with zero attached hydrogens (tertiary/aromatic N) is 2. The molecule has 1 fully saturated rings.